The van der Waals surface area contributed by atoms with Crippen molar-refractivity contribution in [2.24, 2.45) is 17.3 Å². The van der Waals surface area contributed by atoms with Gasteiger partial charge in [-0.1, -0.05) is 51.1 Å². The highest BCUT2D eigenvalue weighted by molar-refractivity contribution is 5.52. The molecule has 1 aromatic rings. The zero-order valence-electron chi connectivity index (χ0n) is 10.3. The molecule has 0 aliphatic heterocycles. The van der Waals surface area contributed by atoms with Crippen LogP contribution in [0.4, 0.5) is 0 Å². The average molecular weight is 216 g/mol. The predicted octanol–water partition coefficient (Wildman–Crippen LogP) is 3.65. The summed E-state index contributed by atoms with van der Waals surface area (Å²) in [5, 5.41) is 0. The van der Waals surface area contributed by atoms with Crippen LogP contribution in [0.15, 0.2) is 30.3 Å². The van der Waals surface area contributed by atoms with Crippen LogP contribution in [0.3, 0.4) is 0 Å². The maximum absolute atomic E-state index is 10.7. The van der Waals surface area contributed by atoms with Crippen molar-refractivity contribution in [2.75, 3.05) is 0 Å². The van der Waals surface area contributed by atoms with Crippen LogP contribution in [0.2, 0.25) is 0 Å². The van der Waals surface area contributed by atoms with Gasteiger partial charge in [0.25, 0.3) is 0 Å². The Labute approximate surface area is 97.9 Å². The first-order valence-corrected chi connectivity index (χ1v) is 6.10. The van der Waals surface area contributed by atoms with E-state index < -0.39 is 0 Å². The SMILES string of the molecule is CC(c1ccccc1)[C@@H]1[C@H](C)[C@]1(C)CC=O. The molecule has 4 atom stereocenters. The topological polar surface area (TPSA) is 17.1 Å². The first-order chi connectivity index (χ1) is 7.61. The highest BCUT2D eigenvalue weighted by atomic mass is 16.1. The van der Waals surface area contributed by atoms with E-state index in [1.165, 1.54) is 5.56 Å². The van der Waals surface area contributed by atoms with Crippen molar-refractivity contribution in [3.05, 3.63) is 35.9 Å². The number of aldehydes is 1. The zero-order chi connectivity index (χ0) is 11.8. The van der Waals surface area contributed by atoms with E-state index in [0.29, 0.717) is 24.2 Å². The minimum Gasteiger partial charge on any atom is -0.303 e. The normalized spacial score (nSPS) is 34.4. The van der Waals surface area contributed by atoms with Crippen LogP contribution in [-0.4, -0.2) is 6.29 Å². The summed E-state index contributed by atoms with van der Waals surface area (Å²) in [6.45, 7) is 6.80. The molecule has 0 saturated heterocycles. The summed E-state index contributed by atoms with van der Waals surface area (Å²) in [4.78, 5) is 10.7. The third kappa shape index (κ3) is 1.68. The minimum atomic E-state index is 0.233. The van der Waals surface area contributed by atoms with E-state index in [1.807, 2.05) is 0 Å². The molecular formula is C15H20O. The highest BCUT2D eigenvalue weighted by Gasteiger charge is 2.59. The second-order valence-corrected chi connectivity index (χ2v) is 5.39. The van der Waals surface area contributed by atoms with E-state index in [0.717, 1.165) is 6.29 Å². The quantitative estimate of drug-likeness (QED) is 0.702. The fraction of sp³-hybridized carbons (Fsp3) is 0.533. The van der Waals surface area contributed by atoms with E-state index >= 15 is 0 Å². The fourth-order valence-corrected chi connectivity index (χ4v) is 3.31. The number of carbonyl (C=O) groups excluding carboxylic acids is 1. The highest BCUT2D eigenvalue weighted by Crippen LogP contribution is 2.65. The van der Waals surface area contributed by atoms with Crippen molar-refractivity contribution in [2.45, 2.75) is 33.1 Å². The molecule has 86 valence electrons. The van der Waals surface area contributed by atoms with Crippen LogP contribution in [0.25, 0.3) is 0 Å². The Balaban J connectivity index is 2.14. The smallest absolute Gasteiger partial charge is 0.120 e. The maximum atomic E-state index is 10.7. The van der Waals surface area contributed by atoms with Crippen molar-refractivity contribution < 1.29 is 4.79 Å². The van der Waals surface area contributed by atoms with Gasteiger partial charge in [0.2, 0.25) is 0 Å². The molecule has 1 aliphatic carbocycles. The Bertz CT molecular complexity index is 370. The lowest BCUT2D eigenvalue weighted by Gasteiger charge is -2.14. The molecule has 0 radical (unpaired) electrons. The molecule has 0 N–H and O–H groups in total. The summed E-state index contributed by atoms with van der Waals surface area (Å²) >= 11 is 0. The van der Waals surface area contributed by atoms with Crippen molar-refractivity contribution in [3.8, 4) is 0 Å². The van der Waals surface area contributed by atoms with E-state index in [4.69, 9.17) is 0 Å². The van der Waals surface area contributed by atoms with Crippen molar-refractivity contribution >= 4 is 6.29 Å². The standard InChI is InChI=1S/C15H20O/c1-11(13-7-5-4-6-8-13)14-12(2)15(14,3)9-10-16/h4-8,10-12,14H,9H2,1-3H3/t11?,12-,14+,15-/m0/s1. The summed E-state index contributed by atoms with van der Waals surface area (Å²) in [6.07, 6.45) is 1.78. The van der Waals surface area contributed by atoms with Crippen molar-refractivity contribution in [1.29, 1.82) is 0 Å². The Morgan fingerprint density at radius 1 is 1.38 bits per heavy atom. The summed E-state index contributed by atoms with van der Waals surface area (Å²) in [7, 11) is 0. The van der Waals surface area contributed by atoms with Gasteiger partial charge in [0.05, 0.1) is 0 Å². The van der Waals surface area contributed by atoms with Gasteiger partial charge in [-0.2, -0.15) is 0 Å². The molecule has 0 spiro atoms. The van der Waals surface area contributed by atoms with Gasteiger partial charge in [0, 0.05) is 6.42 Å². The molecule has 2 rings (SSSR count). The third-order valence-electron chi connectivity index (χ3n) is 4.62. The number of hydrogen-bond donors (Lipinski definition) is 0. The van der Waals surface area contributed by atoms with Crippen LogP contribution >= 0.6 is 0 Å². The van der Waals surface area contributed by atoms with Gasteiger partial charge in [-0.3, -0.25) is 0 Å². The minimum absolute atomic E-state index is 0.233. The van der Waals surface area contributed by atoms with Gasteiger partial charge in [-0.15, -0.1) is 0 Å². The molecule has 16 heavy (non-hydrogen) atoms. The van der Waals surface area contributed by atoms with Crippen LogP contribution in [0.5, 0.6) is 0 Å². The molecule has 1 nitrogen and oxygen atoms in total. The first-order valence-electron chi connectivity index (χ1n) is 6.10. The average Bonchev–Trinajstić information content (AvgIpc) is 2.82. The fourth-order valence-electron chi connectivity index (χ4n) is 3.31. The molecular weight excluding hydrogens is 196 g/mol. The lowest BCUT2D eigenvalue weighted by Crippen LogP contribution is -2.05. The summed E-state index contributed by atoms with van der Waals surface area (Å²) in [6, 6.07) is 10.6. The summed E-state index contributed by atoms with van der Waals surface area (Å²) < 4.78 is 0. The van der Waals surface area contributed by atoms with Crippen LogP contribution in [0, 0.1) is 17.3 Å². The molecule has 0 amide bonds. The predicted molar refractivity (Wildman–Crippen MR) is 66.3 cm³/mol. The monoisotopic (exact) mass is 216 g/mol. The third-order valence-corrected chi connectivity index (χ3v) is 4.62. The van der Waals surface area contributed by atoms with Crippen molar-refractivity contribution in [3.63, 3.8) is 0 Å². The lowest BCUT2D eigenvalue weighted by molar-refractivity contribution is -0.108. The number of carbonyl (C=O) groups is 1. The Hall–Kier alpha value is -1.11. The Morgan fingerprint density at radius 3 is 2.56 bits per heavy atom. The Kier molecular flexibility index (Phi) is 2.88. The van der Waals surface area contributed by atoms with Gasteiger partial charge in [0.1, 0.15) is 6.29 Å². The number of hydrogen-bond acceptors (Lipinski definition) is 1. The molecule has 0 aromatic heterocycles. The molecule has 1 aliphatic rings. The van der Waals surface area contributed by atoms with Crippen LogP contribution in [-0.2, 0) is 4.79 Å². The summed E-state index contributed by atoms with van der Waals surface area (Å²) in [5.41, 5.74) is 1.63. The summed E-state index contributed by atoms with van der Waals surface area (Å²) in [5.74, 6) is 1.87. The van der Waals surface area contributed by atoms with Gasteiger partial charge in [0.15, 0.2) is 0 Å². The van der Waals surface area contributed by atoms with Gasteiger partial charge in [-0.05, 0) is 28.7 Å². The van der Waals surface area contributed by atoms with E-state index in [9.17, 15) is 4.79 Å². The van der Waals surface area contributed by atoms with Gasteiger partial charge in [-0.25, -0.2) is 0 Å². The zero-order valence-corrected chi connectivity index (χ0v) is 10.3. The largest absolute Gasteiger partial charge is 0.303 e. The molecule has 1 unspecified atom stereocenters. The van der Waals surface area contributed by atoms with Crippen LogP contribution in [0.1, 0.15) is 38.7 Å². The molecule has 0 heterocycles. The van der Waals surface area contributed by atoms with E-state index in [1.54, 1.807) is 0 Å². The second-order valence-electron chi connectivity index (χ2n) is 5.39. The molecule has 1 heteroatoms. The number of benzene rings is 1. The van der Waals surface area contributed by atoms with E-state index in [2.05, 4.69) is 51.1 Å². The van der Waals surface area contributed by atoms with Crippen molar-refractivity contribution in [1.82, 2.24) is 0 Å². The molecule has 0 bridgehead atoms. The van der Waals surface area contributed by atoms with Gasteiger partial charge >= 0.3 is 0 Å². The Morgan fingerprint density at radius 2 is 2.00 bits per heavy atom. The molecule has 1 saturated carbocycles. The lowest BCUT2D eigenvalue weighted by atomic mass is 9.90. The van der Waals surface area contributed by atoms with Crippen LogP contribution < -0.4 is 0 Å². The molecule has 1 aromatic carbocycles. The molecule has 1 fully saturated rings. The number of rotatable bonds is 4. The van der Waals surface area contributed by atoms with Gasteiger partial charge < -0.3 is 4.79 Å². The first kappa shape index (κ1) is 11.4. The van der Waals surface area contributed by atoms with E-state index in [-0.39, 0.29) is 5.41 Å². The second kappa shape index (κ2) is 4.04. The maximum Gasteiger partial charge on any atom is 0.120 e.